The number of nitriles is 1. The molecule has 1 aliphatic rings. The average Bonchev–Trinajstić information content (AvgIpc) is 2.24. The van der Waals surface area contributed by atoms with E-state index < -0.39 is 0 Å². The molecule has 0 aliphatic heterocycles. The minimum Gasteiger partial charge on any atom is -0.371 e. The van der Waals surface area contributed by atoms with Crippen LogP contribution in [0.2, 0.25) is 0 Å². The predicted octanol–water partition coefficient (Wildman–Crippen LogP) is 2.96. The van der Waals surface area contributed by atoms with Gasteiger partial charge in [-0.2, -0.15) is 5.26 Å². The van der Waals surface area contributed by atoms with Crippen LogP contribution in [0.15, 0.2) is 24.3 Å². The lowest BCUT2D eigenvalue weighted by molar-refractivity contribution is 0.222. The Morgan fingerprint density at radius 1 is 1.44 bits per heavy atom. The van der Waals surface area contributed by atoms with Crippen LogP contribution in [0.25, 0.3) is 0 Å². The van der Waals surface area contributed by atoms with Crippen molar-refractivity contribution in [3.05, 3.63) is 30.1 Å². The Hall–Kier alpha value is -1.56. The first-order valence-corrected chi connectivity index (χ1v) is 5.54. The molecule has 0 atom stereocenters. The summed E-state index contributed by atoms with van der Waals surface area (Å²) in [4.78, 5) is 1.84. The topological polar surface area (TPSA) is 27.0 Å². The van der Waals surface area contributed by atoms with E-state index in [0.29, 0.717) is 12.2 Å². The lowest BCUT2D eigenvalue weighted by atomic mass is 9.69. The summed E-state index contributed by atoms with van der Waals surface area (Å²) in [5, 5.41) is 9.13. The first-order valence-electron chi connectivity index (χ1n) is 5.54. The normalized spacial score (nSPS) is 17.3. The Morgan fingerprint density at radius 2 is 2.12 bits per heavy atom. The maximum Gasteiger partial charge on any atom is 0.146 e. The third-order valence-electron chi connectivity index (χ3n) is 3.35. The van der Waals surface area contributed by atoms with Gasteiger partial charge in [0.1, 0.15) is 5.82 Å². The molecule has 2 nitrogen and oxygen atoms in total. The highest BCUT2D eigenvalue weighted by atomic mass is 19.1. The second-order valence-corrected chi connectivity index (χ2v) is 4.55. The maximum absolute atomic E-state index is 13.5. The van der Waals surface area contributed by atoms with Gasteiger partial charge in [-0.3, -0.25) is 0 Å². The van der Waals surface area contributed by atoms with Gasteiger partial charge in [0.15, 0.2) is 0 Å². The predicted molar refractivity (Wildman–Crippen MR) is 61.6 cm³/mol. The van der Waals surface area contributed by atoms with Crippen molar-refractivity contribution in [3.8, 4) is 6.07 Å². The van der Waals surface area contributed by atoms with Gasteiger partial charge in [-0.25, -0.2) is 4.39 Å². The van der Waals surface area contributed by atoms with Gasteiger partial charge in [-0.15, -0.1) is 0 Å². The molecule has 84 valence electrons. The molecule has 1 aliphatic carbocycles. The van der Waals surface area contributed by atoms with Crippen LogP contribution in [0.4, 0.5) is 10.1 Å². The molecule has 16 heavy (non-hydrogen) atoms. The Labute approximate surface area is 95.3 Å². The molecular formula is C13H15FN2. The summed E-state index contributed by atoms with van der Waals surface area (Å²) in [6.45, 7) is 0.616. The molecule has 0 heterocycles. The summed E-state index contributed by atoms with van der Waals surface area (Å²) in [5.41, 5.74) is 0.320. The minimum absolute atomic E-state index is 0.225. The van der Waals surface area contributed by atoms with E-state index in [-0.39, 0.29) is 11.2 Å². The third kappa shape index (κ3) is 1.88. The van der Waals surface area contributed by atoms with Gasteiger partial charge < -0.3 is 4.90 Å². The molecule has 0 spiro atoms. The zero-order chi connectivity index (χ0) is 11.6. The highest BCUT2D eigenvalue weighted by molar-refractivity contribution is 5.47. The van der Waals surface area contributed by atoms with Crippen LogP contribution in [-0.2, 0) is 0 Å². The molecule has 3 heteroatoms. The quantitative estimate of drug-likeness (QED) is 0.780. The summed E-state index contributed by atoms with van der Waals surface area (Å²) in [5.74, 6) is -0.225. The second-order valence-electron chi connectivity index (χ2n) is 4.55. The molecule has 0 aromatic heterocycles. The Morgan fingerprint density at radius 3 is 2.62 bits per heavy atom. The zero-order valence-corrected chi connectivity index (χ0v) is 9.41. The molecule has 0 N–H and O–H groups in total. The third-order valence-corrected chi connectivity index (χ3v) is 3.35. The lowest BCUT2D eigenvalue weighted by Gasteiger charge is -2.39. The standard InChI is InChI=1S/C13H15FN2/c1-16(10-13(9-15)7-4-8-13)12-6-3-2-5-11(12)14/h2-3,5-6H,4,7-8,10H2,1H3. The molecule has 0 amide bonds. The van der Waals surface area contributed by atoms with Gasteiger partial charge in [-0.05, 0) is 25.0 Å². The summed E-state index contributed by atoms with van der Waals surface area (Å²) in [6.07, 6.45) is 2.98. The van der Waals surface area contributed by atoms with Crippen molar-refractivity contribution in [1.82, 2.24) is 0 Å². The number of hydrogen-bond donors (Lipinski definition) is 0. The van der Waals surface area contributed by atoms with E-state index in [0.717, 1.165) is 19.3 Å². The van der Waals surface area contributed by atoms with E-state index in [1.165, 1.54) is 6.07 Å². The van der Waals surface area contributed by atoms with Crippen LogP contribution >= 0.6 is 0 Å². The van der Waals surface area contributed by atoms with Crippen molar-refractivity contribution in [2.24, 2.45) is 5.41 Å². The largest absolute Gasteiger partial charge is 0.371 e. The van der Waals surface area contributed by atoms with E-state index in [1.54, 1.807) is 12.1 Å². The van der Waals surface area contributed by atoms with Crippen LogP contribution < -0.4 is 4.90 Å². The van der Waals surface area contributed by atoms with E-state index in [9.17, 15) is 4.39 Å². The van der Waals surface area contributed by atoms with Crippen LogP contribution in [0.3, 0.4) is 0 Å². The van der Waals surface area contributed by atoms with Gasteiger partial charge in [0.2, 0.25) is 0 Å². The average molecular weight is 218 g/mol. The Bertz CT molecular complexity index is 418. The molecule has 0 radical (unpaired) electrons. The van der Waals surface area contributed by atoms with Gasteiger partial charge in [0.25, 0.3) is 0 Å². The first kappa shape index (κ1) is 10.9. The fourth-order valence-electron chi connectivity index (χ4n) is 2.21. The number of halogens is 1. The number of nitrogens with zero attached hydrogens (tertiary/aromatic N) is 2. The van der Waals surface area contributed by atoms with Crippen LogP contribution in [0.1, 0.15) is 19.3 Å². The molecule has 1 aromatic carbocycles. The van der Waals surface area contributed by atoms with E-state index in [4.69, 9.17) is 5.26 Å². The van der Waals surface area contributed by atoms with Crippen molar-refractivity contribution >= 4 is 5.69 Å². The van der Waals surface area contributed by atoms with Gasteiger partial charge in [0, 0.05) is 13.6 Å². The molecule has 2 rings (SSSR count). The number of rotatable bonds is 3. The number of anilines is 1. The van der Waals surface area contributed by atoms with Crippen molar-refractivity contribution < 1.29 is 4.39 Å². The highest BCUT2D eigenvalue weighted by Gasteiger charge is 2.38. The Balaban J connectivity index is 2.12. The number of para-hydroxylation sites is 1. The molecule has 0 unspecified atom stereocenters. The fraction of sp³-hybridized carbons (Fsp3) is 0.462. The van der Waals surface area contributed by atoms with Crippen LogP contribution in [0.5, 0.6) is 0 Å². The summed E-state index contributed by atoms with van der Waals surface area (Å²) in [6, 6.07) is 9.06. The molecule has 0 saturated heterocycles. The molecule has 1 aromatic rings. The van der Waals surface area contributed by atoms with E-state index >= 15 is 0 Å². The molecule has 0 bridgehead atoms. The zero-order valence-electron chi connectivity index (χ0n) is 9.41. The summed E-state index contributed by atoms with van der Waals surface area (Å²) in [7, 11) is 1.84. The summed E-state index contributed by atoms with van der Waals surface area (Å²) < 4.78 is 13.5. The first-order chi connectivity index (χ1) is 7.67. The van der Waals surface area contributed by atoms with Crippen molar-refractivity contribution in [2.45, 2.75) is 19.3 Å². The number of benzene rings is 1. The fourth-order valence-corrected chi connectivity index (χ4v) is 2.21. The van der Waals surface area contributed by atoms with Crippen molar-refractivity contribution in [2.75, 3.05) is 18.5 Å². The second kappa shape index (κ2) is 4.13. The van der Waals surface area contributed by atoms with Crippen LogP contribution in [-0.4, -0.2) is 13.6 Å². The van der Waals surface area contributed by atoms with Crippen LogP contribution in [0, 0.1) is 22.6 Å². The minimum atomic E-state index is -0.253. The molecule has 1 fully saturated rings. The highest BCUT2D eigenvalue weighted by Crippen LogP contribution is 2.41. The monoisotopic (exact) mass is 218 g/mol. The SMILES string of the molecule is CN(CC1(C#N)CCC1)c1ccccc1F. The van der Waals surface area contributed by atoms with Crippen molar-refractivity contribution in [3.63, 3.8) is 0 Å². The lowest BCUT2D eigenvalue weighted by Crippen LogP contribution is -2.40. The summed E-state index contributed by atoms with van der Waals surface area (Å²) >= 11 is 0. The van der Waals surface area contributed by atoms with Gasteiger partial charge >= 0.3 is 0 Å². The maximum atomic E-state index is 13.5. The van der Waals surface area contributed by atoms with Gasteiger partial charge in [0.05, 0.1) is 17.2 Å². The molecule has 1 saturated carbocycles. The van der Waals surface area contributed by atoms with Gasteiger partial charge in [-0.1, -0.05) is 18.6 Å². The smallest absolute Gasteiger partial charge is 0.146 e. The van der Waals surface area contributed by atoms with E-state index in [2.05, 4.69) is 6.07 Å². The Kier molecular flexibility index (Phi) is 2.82. The molecular weight excluding hydrogens is 203 g/mol. The van der Waals surface area contributed by atoms with Crippen molar-refractivity contribution in [1.29, 1.82) is 5.26 Å². The van der Waals surface area contributed by atoms with E-state index in [1.807, 2.05) is 18.0 Å². The number of hydrogen-bond acceptors (Lipinski definition) is 2.